The minimum atomic E-state index is 0.694. The van der Waals surface area contributed by atoms with Crippen LogP contribution in [0.4, 0.5) is 0 Å². The zero-order chi connectivity index (χ0) is 21.6. The highest BCUT2D eigenvalue weighted by Crippen LogP contribution is 2.17. The Morgan fingerprint density at radius 3 is 2.48 bits per heavy atom. The van der Waals surface area contributed by atoms with E-state index in [9.17, 15) is 0 Å². The highest BCUT2D eigenvalue weighted by atomic mass is 16.5. The number of rotatable bonds is 10. The van der Waals surface area contributed by atoms with Crippen LogP contribution in [-0.2, 0) is 11.3 Å². The zero-order valence-electron chi connectivity index (χ0n) is 19.3. The van der Waals surface area contributed by atoms with Gasteiger partial charge >= 0.3 is 0 Å². The molecule has 0 atom stereocenters. The van der Waals surface area contributed by atoms with E-state index in [2.05, 4.69) is 37.6 Å². The summed E-state index contributed by atoms with van der Waals surface area (Å²) in [6.07, 6.45) is 6.63. The predicted molar refractivity (Wildman–Crippen MR) is 127 cm³/mol. The Morgan fingerprint density at radius 1 is 0.968 bits per heavy atom. The summed E-state index contributed by atoms with van der Waals surface area (Å²) >= 11 is 0. The first-order chi connectivity index (χ1) is 15.3. The van der Waals surface area contributed by atoms with Crippen LogP contribution in [0.3, 0.4) is 0 Å². The van der Waals surface area contributed by atoms with Crippen molar-refractivity contribution in [3.05, 3.63) is 29.8 Å². The number of nitrogens with one attached hydrogen (secondary N) is 2. The molecule has 0 spiro atoms. The van der Waals surface area contributed by atoms with Crippen LogP contribution < -0.4 is 15.4 Å². The van der Waals surface area contributed by atoms with Crippen molar-refractivity contribution in [3.8, 4) is 5.75 Å². The molecular weight excluding hydrogens is 390 g/mol. The summed E-state index contributed by atoms with van der Waals surface area (Å²) in [6.45, 7) is 10.6. The molecule has 0 bridgehead atoms. The fourth-order valence-corrected chi connectivity index (χ4v) is 4.17. The second kappa shape index (κ2) is 14.3. The summed E-state index contributed by atoms with van der Waals surface area (Å²) in [6, 6.07) is 8.25. The van der Waals surface area contributed by atoms with Crippen molar-refractivity contribution < 1.29 is 9.47 Å². The molecule has 2 aliphatic rings. The lowest BCUT2D eigenvalue weighted by atomic mass is 10.2. The molecule has 3 rings (SSSR count). The Bertz CT molecular complexity index is 641. The Hall–Kier alpha value is -1.83. The average molecular weight is 432 g/mol. The van der Waals surface area contributed by atoms with Crippen molar-refractivity contribution in [1.29, 1.82) is 0 Å². The maximum atomic E-state index is 6.09. The maximum Gasteiger partial charge on any atom is 0.191 e. The molecule has 7 heteroatoms. The van der Waals surface area contributed by atoms with Crippen LogP contribution in [0.15, 0.2) is 29.3 Å². The molecule has 2 N–H and O–H groups in total. The maximum absolute atomic E-state index is 6.09. The third kappa shape index (κ3) is 9.05. The van der Waals surface area contributed by atoms with E-state index in [0.29, 0.717) is 13.2 Å². The fourth-order valence-electron chi connectivity index (χ4n) is 4.17. The summed E-state index contributed by atoms with van der Waals surface area (Å²) in [7, 11) is 1.83. The average Bonchev–Trinajstić information content (AvgIpc) is 3.09. The van der Waals surface area contributed by atoms with Gasteiger partial charge in [-0.05, 0) is 45.0 Å². The number of benzene rings is 1. The van der Waals surface area contributed by atoms with E-state index in [0.717, 1.165) is 63.1 Å². The Morgan fingerprint density at radius 2 is 1.71 bits per heavy atom. The highest BCUT2D eigenvalue weighted by Gasteiger charge is 2.11. The summed E-state index contributed by atoms with van der Waals surface area (Å²) < 4.78 is 11.5. The third-order valence-electron chi connectivity index (χ3n) is 6.05. The van der Waals surface area contributed by atoms with Gasteiger partial charge in [0.15, 0.2) is 5.96 Å². The first-order valence-electron chi connectivity index (χ1n) is 12.0. The molecule has 0 aromatic heterocycles. The second-order valence-corrected chi connectivity index (χ2v) is 8.37. The SMILES string of the molecule is CN=C(NCCCN1CCCCCC1)NCc1ccccc1OCCN1CCOCC1. The van der Waals surface area contributed by atoms with Crippen LogP contribution in [-0.4, -0.2) is 88.4 Å². The molecule has 174 valence electrons. The lowest BCUT2D eigenvalue weighted by Crippen LogP contribution is -2.39. The summed E-state index contributed by atoms with van der Waals surface area (Å²) in [5.41, 5.74) is 1.15. The molecule has 0 aliphatic carbocycles. The van der Waals surface area contributed by atoms with Gasteiger partial charge < -0.3 is 25.0 Å². The molecule has 0 saturated carbocycles. The van der Waals surface area contributed by atoms with E-state index in [-0.39, 0.29) is 0 Å². The predicted octanol–water partition coefficient (Wildman–Crippen LogP) is 2.33. The van der Waals surface area contributed by atoms with Gasteiger partial charge in [0.25, 0.3) is 0 Å². The Labute approximate surface area is 188 Å². The van der Waals surface area contributed by atoms with Gasteiger partial charge in [-0.25, -0.2) is 0 Å². The number of aliphatic imine (C=N–C) groups is 1. The molecule has 0 radical (unpaired) electrons. The van der Waals surface area contributed by atoms with Crippen LogP contribution >= 0.6 is 0 Å². The second-order valence-electron chi connectivity index (χ2n) is 8.37. The minimum Gasteiger partial charge on any atom is -0.492 e. The standard InChI is InChI=1S/C24H41N5O2/c1-25-24(26-11-8-14-28-12-6-2-3-7-13-28)27-21-22-9-4-5-10-23(22)31-20-17-29-15-18-30-19-16-29/h4-5,9-10H,2-3,6-8,11-21H2,1H3,(H2,25,26,27). The van der Waals surface area contributed by atoms with E-state index < -0.39 is 0 Å². The van der Waals surface area contributed by atoms with Gasteiger partial charge in [-0.1, -0.05) is 31.0 Å². The third-order valence-corrected chi connectivity index (χ3v) is 6.05. The Kier molecular flexibility index (Phi) is 11.0. The number of guanidine groups is 1. The molecule has 1 aromatic rings. The molecule has 0 unspecified atom stereocenters. The molecule has 1 aromatic carbocycles. The topological polar surface area (TPSA) is 61.4 Å². The van der Waals surface area contributed by atoms with Crippen molar-refractivity contribution in [1.82, 2.24) is 20.4 Å². The van der Waals surface area contributed by atoms with Gasteiger partial charge in [0, 0.05) is 45.3 Å². The Balaban J connectivity index is 1.35. The number of hydrogen-bond acceptors (Lipinski definition) is 5. The monoisotopic (exact) mass is 431 g/mol. The van der Waals surface area contributed by atoms with Crippen LogP contribution in [0.25, 0.3) is 0 Å². The number of para-hydroxylation sites is 1. The highest BCUT2D eigenvalue weighted by molar-refractivity contribution is 5.79. The van der Waals surface area contributed by atoms with Gasteiger partial charge in [-0.3, -0.25) is 9.89 Å². The minimum absolute atomic E-state index is 0.694. The van der Waals surface area contributed by atoms with Crippen molar-refractivity contribution in [2.75, 3.05) is 72.7 Å². The first-order valence-corrected chi connectivity index (χ1v) is 12.0. The normalized spacial score (nSPS) is 19.1. The summed E-state index contributed by atoms with van der Waals surface area (Å²) in [5, 5.41) is 6.89. The van der Waals surface area contributed by atoms with Gasteiger partial charge in [0.05, 0.1) is 13.2 Å². The summed E-state index contributed by atoms with van der Waals surface area (Å²) in [5.74, 6) is 1.79. The van der Waals surface area contributed by atoms with Crippen LogP contribution in [0.2, 0.25) is 0 Å². The van der Waals surface area contributed by atoms with Crippen LogP contribution in [0.1, 0.15) is 37.7 Å². The zero-order valence-corrected chi connectivity index (χ0v) is 19.3. The van der Waals surface area contributed by atoms with Crippen LogP contribution in [0.5, 0.6) is 5.75 Å². The molecule has 0 amide bonds. The van der Waals surface area contributed by atoms with Gasteiger partial charge in [0.1, 0.15) is 12.4 Å². The van der Waals surface area contributed by atoms with Crippen molar-refractivity contribution in [3.63, 3.8) is 0 Å². The lowest BCUT2D eigenvalue weighted by molar-refractivity contribution is 0.0322. The number of likely N-dealkylation sites (tertiary alicyclic amines) is 1. The molecule has 2 heterocycles. The van der Waals surface area contributed by atoms with Gasteiger partial charge in [-0.2, -0.15) is 0 Å². The number of nitrogens with zero attached hydrogens (tertiary/aromatic N) is 3. The van der Waals surface area contributed by atoms with E-state index in [1.165, 1.54) is 45.3 Å². The molecule has 2 aliphatic heterocycles. The summed E-state index contributed by atoms with van der Waals surface area (Å²) in [4.78, 5) is 9.37. The number of ether oxygens (including phenoxy) is 2. The largest absolute Gasteiger partial charge is 0.492 e. The first kappa shape index (κ1) is 23.8. The molecule has 2 saturated heterocycles. The quantitative estimate of drug-likeness (QED) is 0.337. The van der Waals surface area contributed by atoms with Crippen molar-refractivity contribution in [2.45, 2.75) is 38.6 Å². The van der Waals surface area contributed by atoms with E-state index in [1.807, 2.05) is 19.2 Å². The smallest absolute Gasteiger partial charge is 0.191 e. The fraction of sp³-hybridized carbons (Fsp3) is 0.708. The van der Waals surface area contributed by atoms with E-state index in [1.54, 1.807) is 0 Å². The number of morpholine rings is 1. The van der Waals surface area contributed by atoms with Gasteiger partial charge in [0.2, 0.25) is 0 Å². The van der Waals surface area contributed by atoms with Crippen LogP contribution in [0, 0.1) is 0 Å². The lowest BCUT2D eigenvalue weighted by Gasteiger charge is -2.26. The van der Waals surface area contributed by atoms with Crippen molar-refractivity contribution in [2.24, 2.45) is 4.99 Å². The molecular formula is C24H41N5O2. The molecule has 7 nitrogen and oxygen atoms in total. The van der Waals surface area contributed by atoms with Gasteiger partial charge in [-0.15, -0.1) is 0 Å². The van der Waals surface area contributed by atoms with E-state index in [4.69, 9.17) is 9.47 Å². The van der Waals surface area contributed by atoms with Crippen molar-refractivity contribution >= 4 is 5.96 Å². The number of hydrogen-bond donors (Lipinski definition) is 2. The molecule has 31 heavy (non-hydrogen) atoms. The van der Waals surface area contributed by atoms with E-state index >= 15 is 0 Å². The molecule has 2 fully saturated rings.